The molecule has 0 saturated heterocycles. The maximum atomic E-state index is 9.97. The molecular weight excluding hydrogens is 200 g/mol. The molecule has 0 aromatic carbocycles. The fraction of sp³-hybridized carbons (Fsp3) is 0.200. The fourth-order valence-corrected chi connectivity index (χ4v) is 2.86. The van der Waals surface area contributed by atoms with Crippen molar-refractivity contribution >= 4 is 22.7 Å². The highest BCUT2D eigenvalue weighted by Crippen LogP contribution is 2.29. The molecule has 0 radical (unpaired) electrons. The van der Waals surface area contributed by atoms with E-state index in [4.69, 9.17) is 0 Å². The van der Waals surface area contributed by atoms with Gasteiger partial charge in [-0.1, -0.05) is 0 Å². The molecule has 2 rings (SSSR count). The highest BCUT2D eigenvalue weighted by atomic mass is 32.1. The predicted octanol–water partition coefficient (Wildman–Crippen LogP) is 3.20. The number of rotatable bonds is 2. The van der Waals surface area contributed by atoms with E-state index in [1.807, 2.05) is 35.2 Å². The smallest absolute Gasteiger partial charge is 0.114 e. The Morgan fingerprint density at radius 1 is 1.31 bits per heavy atom. The van der Waals surface area contributed by atoms with Gasteiger partial charge in [-0.3, -0.25) is 0 Å². The Labute approximate surface area is 85.3 Å². The van der Waals surface area contributed by atoms with Gasteiger partial charge < -0.3 is 5.11 Å². The molecule has 13 heavy (non-hydrogen) atoms. The summed E-state index contributed by atoms with van der Waals surface area (Å²) in [6.07, 6.45) is -0.439. The fourth-order valence-electron chi connectivity index (χ4n) is 1.25. The number of hydrogen-bond donors (Lipinski definition) is 1. The van der Waals surface area contributed by atoms with Crippen LogP contribution < -0.4 is 0 Å². The molecule has 3 heteroatoms. The molecule has 0 unspecified atom stereocenters. The van der Waals surface area contributed by atoms with Crippen molar-refractivity contribution in [3.05, 3.63) is 44.3 Å². The van der Waals surface area contributed by atoms with Crippen LogP contribution in [0.3, 0.4) is 0 Å². The second kappa shape index (κ2) is 3.62. The molecule has 1 nitrogen and oxygen atoms in total. The van der Waals surface area contributed by atoms with Gasteiger partial charge in [-0.25, -0.2) is 0 Å². The van der Waals surface area contributed by atoms with Gasteiger partial charge in [0.05, 0.1) is 0 Å². The average Bonchev–Trinajstić information content (AvgIpc) is 2.72. The molecule has 0 aliphatic carbocycles. The van der Waals surface area contributed by atoms with Crippen LogP contribution in [0.25, 0.3) is 0 Å². The van der Waals surface area contributed by atoms with Crippen LogP contribution in [0, 0.1) is 6.92 Å². The van der Waals surface area contributed by atoms with Gasteiger partial charge in [0.2, 0.25) is 0 Å². The summed E-state index contributed by atoms with van der Waals surface area (Å²) in [6.45, 7) is 2.03. The minimum absolute atomic E-state index is 0.439. The van der Waals surface area contributed by atoms with E-state index in [-0.39, 0.29) is 0 Å². The zero-order valence-electron chi connectivity index (χ0n) is 7.23. The summed E-state index contributed by atoms with van der Waals surface area (Å²) in [5.74, 6) is 0. The summed E-state index contributed by atoms with van der Waals surface area (Å²) in [6, 6.07) is 4.00. The van der Waals surface area contributed by atoms with Crippen molar-refractivity contribution in [3.63, 3.8) is 0 Å². The van der Waals surface area contributed by atoms with Gasteiger partial charge in [0.1, 0.15) is 6.10 Å². The molecule has 2 heterocycles. The van der Waals surface area contributed by atoms with Gasteiger partial charge in [-0.15, -0.1) is 11.3 Å². The highest BCUT2D eigenvalue weighted by molar-refractivity contribution is 7.10. The highest BCUT2D eigenvalue weighted by Gasteiger charge is 2.13. The SMILES string of the molecule is Cc1ccsc1[C@@H](O)c1ccsc1. The Morgan fingerprint density at radius 3 is 2.69 bits per heavy atom. The first-order valence-corrected chi connectivity index (χ1v) is 5.85. The van der Waals surface area contributed by atoms with Gasteiger partial charge in [-0.2, -0.15) is 11.3 Å². The Balaban J connectivity index is 2.33. The molecule has 0 bridgehead atoms. The van der Waals surface area contributed by atoms with Crippen molar-refractivity contribution in [2.45, 2.75) is 13.0 Å². The van der Waals surface area contributed by atoms with E-state index in [2.05, 4.69) is 0 Å². The summed E-state index contributed by atoms with van der Waals surface area (Å²) in [4.78, 5) is 1.05. The van der Waals surface area contributed by atoms with Crippen LogP contribution in [0.4, 0.5) is 0 Å². The molecule has 0 saturated carbocycles. The molecule has 0 fully saturated rings. The summed E-state index contributed by atoms with van der Waals surface area (Å²) in [5, 5.41) is 16.0. The number of aliphatic hydroxyl groups is 1. The van der Waals surface area contributed by atoms with Crippen LogP contribution in [-0.2, 0) is 0 Å². The van der Waals surface area contributed by atoms with Crippen molar-refractivity contribution in [2.75, 3.05) is 0 Å². The second-order valence-electron chi connectivity index (χ2n) is 2.93. The third kappa shape index (κ3) is 1.68. The van der Waals surface area contributed by atoms with Gasteiger partial charge in [0.25, 0.3) is 0 Å². The zero-order chi connectivity index (χ0) is 9.26. The lowest BCUT2D eigenvalue weighted by Crippen LogP contribution is -1.96. The Morgan fingerprint density at radius 2 is 2.15 bits per heavy atom. The van der Waals surface area contributed by atoms with Crippen LogP contribution in [0.15, 0.2) is 28.3 Å². The van der Waals surface area contributed by atoms with Gasteiger partial charge >= 0.3 is 0 Å². The molecule has 2 aromatic heterocycles. The third-order valence-electron chi connectivity index (χ3n) is 2.01. The summed E-state index contributed by atoms with van der Waals surface area (Å²) in [5.41, 5.74) is 2.17. The predicted molar refractivity (Wildman–Crippen MR) is 57.4 cm³/mol. The molecule has 0 amide bonds. The number of aliphatic hydroxyl groups excluding tert-OH is 1. The second-order valence-corrected chi connectivity index (χ2v) is 4.65. The lowest BCUT2D eigenvalue weighted by molar-refractivity contribution is 0.224. The first-order valence-electron chi connectivity index (χ1n) is 4.03. The normalized spacial score (nSPS) is 13.1. The van der Waals surface area contributed by atoms with E-state index < -0.39 is 6.10 Å². The largest absolute Gasteiger partial charge is 0.383 e. The Kier molecular flexibility index (Phi) is 2.49. The Bertz CT molecular complexity index is 375. The van der Waals surface area contributed by atoms with Crippen LogP contribution in [0.5, 0.6) is 0 Å². The lowest BCUT2D eigenvalue weighted by atomic mass is 10.1. The molecular formula is C10H10OS2. The number of hydrogen-bond acceptors (Lipinski definition) is 3. The van der Waals surface area contributed by atoms with Crippen molar-refractivity contribution in [3.8, 4) is 0 Å². The van der Waals surface area contributed by atoms with E-state index in [1.54, 1.807) is 22.7 Å². The van der Waals surface area contributed by atoms with Crippen LogP contribution in [0.2, 0.25) is 0 Å². The molecule has 0 aliphatic heterocycles. The third-order valence-corrected chi connectivity index (χ3v) is 3.78. The van der Waals surface area contributed by atoms with Crippen molar-refractivity contribution < 1.29 is 5.11 Å². The maximum absolute atomic E-state index is 9.97. The van der Waals surface area contributed by atoms with Crippen molar-refractivity contribution in [1.82, 2.24) is 0 Å². The van der Waals surface area contributed by atoms with Crippen molar-refractivity contribution in [2.24, 2.45) is 0 Å². The van der Waals surface area contributed by atoms with E-state index >= 15 is 0 Å². The zero-order valence-corrected chi connectivity index (χ0v) is 8.86. The molecule has 0 aliphatic rings. The standard InChI is InChI=1S/C10H10OS2/c1-7-2-5-13-10(7)9(11)8-3-4-12-6-8/h2-6,9,11H,1H3/t9-/m0/s1. The summed E-state index contributed by atoms with van der Waals surface area (Å²) in [7, 11) is 0. The molecule has 1 N–H and O–H groups in total. The van der Waals surface area contributed by atoms with Crippen LogP contribution in [-0.4, -0.2) is 5.11 Å². The quantitative estimate of drug-likeness (QED) is 0.807. The molecule has 0 spiro atoms. The number of aryl methyl sites for hydroxylation is 1. The average molecular weight is 210 g/mol. The molecule has 2 aromatic rings. The summed E-state index contributed by atoms with van der Waals surface area (Å²) >= 11 is 3.23. The monoisotopic (exact) mass is 210 g/mol. The van der Waals surface area contributed by atoms with Crippen LogP contribution >= 0.6 is 22.7 Å². The van der Waals surface area contributed by atoms with E-state index in [0.717, 1.165) is 10.4 Å². The molecule has 1 atom stereocenters. The minimum Gasteiger partial charge on any atom is -0.383 e. The maximum Gasteiger partial charge on any atom is 0.114 e. The summed E-state index contributed by atoms with van der Waals surface area (Å²) < 4.78 is 0. The van der Waals surface area contributed by atoms with Gasteiger partial charge in [-0.05, 0) is 46.3 Å². The molecule has 68 valence electrons. The van der Waals surface area contributed by atoms with E-state index in [9.17, 15) is 5.11 Å². The van der Waals surface area contributed by atoms with Crippen molar-refractivity contribution in [1.29, 1.82) is 0 Å². The van der Waals surface area contributed by atoms with E-state index in [1.165, 1.54) is 5.56 Å². The van der Waals surface area contributed by atoms with Gasteiger partial charge in [0, 0.05) is 4.88 Å². The first-order chi connectivity index (χ1) is 6.29. The Hall–Kier alpha value is -0.640. The van der Waals surface area contributed by atoms with Crippen LogP contribution in [0.1, 0.15) is 22.1 Å². The first kappa shape index (κ1) is 8.94. The topological polar surface area (TPSA) is 20.2 Å². The minimum atomic E-state index is -0.439. The van der Waals surface area contributed by atoms with E-state index in [0.29, 0.717) is 0 Å². The number of thiophene rings is 2. The van der Waals surface area contributed by atoms with Gasteiger partial charge in [0.15, 0.2) is 0 Å². The lowest BCUT2D eigenvalue weighted by Gasteiger charge is -2.07.